The van der Waals surface area contributed by atoms with Gasteiger partial charge in [0.05, 0.1) is 5.56 Å². The van der Waals surface area contributed by atoms with Crippen molar-refractivity contribution >= 4 is 21.8 Å². The van der Waals surface area contributed by atoms with Gasteiger partial charge < -0.3 is 4.90 Å². The maximum atomic E-state index is 12.5. The van der Waals surface area contributed by atoms with E-state index in [-0.39, 0.29) is 5.91 Å². The maximum Gasteiger partial charge on any atom is 0.255 e. The average Bonchev–Trinajstić information content (AvgIpc) is 2.90. The molecule has 0 radical (unpaired) electrons. The fourth-order valence-corrected chi connectivity index (χ4v) is 3.22. The van der Waals surface area contributed by atoms with Gasteiger partial charge in [-0.3, -0.25) is 9.69 Å². The summed E-state index contributed by atoms with van der Waals surface area (Å²) < 4.78 is 0.881. The van der Waals surface area contributed by atoms with E-state index in [4.69, 9.17) is 0 Å². The fraction of sp³-hybridized carbons (Fsp3) is 0.533. The molecule has 1 aromatic rings. The highest BCUT2D eigenvalue weighted by Gasteiger charge is 2.30. The normalized spacial score (nSPS) is 19.2. The van der Waals surface area contributed by atoms with Gasteiger partial charge in [0.2, 0.25) is 0 Å². The molecule has 1 saturated heterocycles. The summed E-state index contributed by atoms with van der Waals surface area (Å²) >= 11 is 3.46. The Hall–Kier alpha value is -0.870. The summed E-state index contributed by atoms with van der Waals surface area (Å²) in [4.78, 5) is 16.9. The Morgan fingerprint density at radius 1 is 1.37 bits per heavy atom. The molecule has 0 aliphatic carbocycles. The molecule has 0 N–H and O–H groups in total. The van der Waals surface area contributed by atoms with Crippen LogP contribution in [0.4, 0.5) is 0 Å². The number of carbonyl (C=O) groups is 1. The molecule has 0 saturated carbocycles. The number of hydrogen-bond acceptors (Lipinski definition) is 2. The van der Waals surface area contributed by atoms with Crippen LogP contribution < -0.4 is 0 Å². The Labute approximate surface area is 123 Å². The molecule has 1 unspecified atom stereocenters. The first-order valence-electron chi connectivity index (χ1n) is 6.95. The zero-order valence-electron chi connectivity index (χ0n) is 11.6. The second-order valence-corrected chi connectivity index (χ2v) is 5.75. The van der Waals surface area contributed by atoms with Crippen LogP contribution in [-0.4, -0.2) is 47.9 Å². The van der Waals surface area contributed by atoms with Crippen LogP contribution in [-0.2, 0) is 0 Å². The molecular weight excluding hydrogens is 304 g/mol. The molecular formula is C15H21BrN2O. The van der Waals surface area contributed by atoms with Crippen molar-refractivity contribution in [1.29, 1.82) is 0 Å². The van der Waals surface area contributed by atoms with E-state index in [0.717, 1.165) is 42.6 Å². The molecule has 1 aliphatic heterocycles. The van der Waals surface area contributed by atoms with Gasteiger partial charge in [0.25, 0.3) is 5.91 Å². The van der Waals surface area contributed by atoms with Crippen molar-refractivity contribution in [3.63, 3.8) is 0 Å². The van der Waals surface area contributed by atoms with Gasteiger partial charge in [0.15, 0.2) is 0 Å². The first-order chi connectivity index (χ1) is 9.17. The van der Waals surface area contributed by atoms with Gasteiger partial charge in [-0.2, -0.15) is 0 Å². The number of rotatable bonds is 4. The quantitative estimate of drug-likeness (QED) is 0.850. The molecule has 1 heterocycles. The third kappa shape index (κ3) is 3.18. The van der Waals surface area contributed by atoms with Crippen LogP contribution in [0.1, 0.15) is 30.6 Å². The second kappa shape index (κ2) is 6.53. The fourth-order valence-electron chi connectivity index (χ4n) is 2.77. The highest BCUT2D eigenvalue weighted by molar-refractivity contribution is 9.10. The summed E-state index contributed by atoms with van der Waals surface area (Å²) in [5, 5.41) is 0. The summed E-state index contributed by atoms with van der Waals surface area (Å²) in [7, 11) is 0. The largest absolute Gasteiger partial charge is 0.337 e. The van der Waals surface area contributed by atoms with Crippen molar-refractivity contribution in [1.82, 2.24) is 9.80 Å². The predicted octanol–water partition coefficient (Wildman–Crippen LogP) is 3.01. The van der Waals surface area contributed by atoms with Crippen LogP contribution in [0, 0.1) is 0 Å². The van der Waals surface area contributed by atoms with Crippen molar-refractivity contribution in [3.05, 3.63) is 34.3 Å². The van der Waals surface area contributed by atoms with Crippen LogP contribution in [0.15, 0.2) is 28.7 Å². The molecule has 104 valence electrons. The number of hydrogen-bond donors (Lipinski definition) is 0. The van der Waals surface area contributed by atoms with Crippen molar-refractivity contribution < 1.29 is 4.79 Å². The van der Waals surface area contributed by atoms with Crippen LogP contribution >= 0.6 is 15.9 Å². The third-order valence-electron chi connectivity index (χ3n) is 3.88. The monoisotopic (exact) mass is 324 g/mol. The summed E-state index contributed by atoms with van der Waals surface area (Å²) in [5.74, 6) is 0.141. The molecule has 3 nitrogen and oxygen atoms in total. The number of amides is 1. The van der Waals surface area contributed by atoms with E-state index >= 15 is 0 Å². The molecule has 1 aromatic carbocycles. The van der Waals surface area contributed by atoms with E-state index in [9.17, 15) is 4.79 Å². The first kappa shape index (κ1) is 14.5. The molecule has 2 rings (SSSR count). The molecule has 4 heteroatoms. The minimum Gasteiger partial charge on any atom is -0.337 e. The molecule has 0 spiro atoms. The highest BCUT2D eigenvalue weighted by Crippen LogP contribution is 2.22. The van der Waals surface area contributed by atoms with E-state index in [1.54, 1.807) is 0 Å². The zero-order chi connectivity index (χ0) is 13.8. The number of likely N-dealkylation sites (N-methyl/N-ethyl adjacent to an activating group) is 1. The summed E-state index contributed by atoms with van der Waals surface area (Å²) in [6, 6.07) is 8.17. The van der Waals surface area contributed by atoms with Gasteiger partial charge in [-0.1, -0.05) is 26.0 Å². The standard InChI is InChI=1S/C15H21BrN2O/c1-3-17(4-2)12-9-10-18(11-12)15(19)13-7-5-6-8-14(13)16/h5-8,12H,3-4,9-11H2,1-2H3. The number of likely N-dealkylation sites (tertiary alicyclic amines) is 1. The second-order valence-electron chi connectivity index (χ2n) is 4.89. The third-order valence-corrected chi connectivity index (χ3v) is 4.58. The topological polar surface area (TPSA) is 23.6 Å². The lowest BCUT2D eigenvalue weighted by Crippen LogP contribution is -2.38. The van der Waals surface area contributed by atoms with Crippen LogP contribution in [0.2, 0.25) is 0 Å². The Balaban J connectivity index is 2.05. The van der Waals surface area contributed by atoms with Crippen molar-refractivity contribution in [3.8, 4) is 0 Å². The number of carbonyl (C=O) groups excluding carboxylic acids is 1. The Morgan fingerprint density at radius 3 is 2.68 bits per heavy atom. The van der Waals surface area contributed by atoms with E-state index in [1.165, 1.54) is 0 Å². The molecule has 0 bridgehead atoms. The summed E-state index contributed by atoms with van der Waals surface area (Å²) in [6.07, 6.45) is 1.08. The SMILES string of the molecule is CCN(CC)C1CCN(C(=O)c2ccccc2Br)C1. The smallest absolute Gasteiger partial charge is 0.255 e. The molecule has 1 aliphatic rings. The van der Waals surface area contributed by atoms with E-state index in [2.05, 4.69) is 34.7 Å². The maximum absolute atomic E-state index is 12.5. The van der Waals surface area contributed by atoms with Crippen molar-refractivity contribution in [2.24, 2.45) is 0 Å². The average molecular weight is 325 g/mol. The minimum atomic E-state index is 0.141. The van der Waals surface area contributed by atoms with Crippen LogP contribution in [0.3, 0.4) is 0 Å². The van der Waals surface area contributed by atoms with Gasteiger partial charge in [-0.15, -0.1) is 0 Å². The number of nitrogens with zero attached hydrogens (tertiary/aromatic N) is 2. The molecule has 1 amide bonds. The van der Waals surface area contributed by atoms with Crippen molar-refractivity contribution in [2.75, 3.05) is 26.2 Å². The van der Waals surface area contributed by atoms with Gasteiger partial charge in [-0.25, -0.2) is 0 Å². The molecule has 1 atom stereocenters. The summed E-state index contributed by atoms with van der Waals surface area (Å²) in [6.45, 7) is 8.18. The van der Waals surface area contributed by atoms with Gasteiger partial charge in [0.1, 0.15) is 0 Å². The lowest BCUT2D eigenvalue weighted by molar-refractivity contribution is 0.0777. The summed E-state index contributed by atoms with van der Waals surface area (Å²) in [5.41, 5.74) is 0.766. The highest BCUT2D eigenvalue weighted by atomic mass is 79.9. The van der Waals surface area contributed by atoms with Crippen LogP contribution in [0.25, 0.3) is 0 Å². The Bertz CT molecular complexity index is 446. The molecule has 0 aromatic heterocycles. The lowest BCUT2D eigenvalue weighted by Gasteiger charge is -2.26. The van der Waals surface area contributed by atoms with E-state index in [1.807, 2.05) is 29.2 Å². The van der Waals surface area contributed by atoms with Crippen molar-refractivity contribution in [2.45, 2.75) is 26.3 Å². The number of halogens is 1. The van der Waals surface area contributed by atoms with Gasteiger partial charge in [-0.05, 0) is 47.6 Å². The molecule has 19 heavy (non-hydrogen) atoms. The van der Waals surface area contributed by atoms with E-state index < -0.39 is 0 Å². The lowest BCUT2D eigenvalue weighted by atomic mass is 10.2. The Kier molecular flexibility index (Phi) is 4.99. The molecule has 1 fully saturated rings. The zero-order valence-corrected chi connectivity index (χ0v) is 13.2. The minimum absolute atomic E-state index is 0.141. The van der Waals surface area contributed by atoms with E-state index in [0.29, 0.717) is 6.04 Å². The Morgan fingerprint density at radius 2 is 2.05 bits per heavy atom. The predicted molar refractivity (Wildman–Crippen MR) is 81.4 cm³/mol. The van der Waals surface area contributed by atoms with Crippen LogP contribution in [0.5, 0.6) is 0 Å². The van der Waals surface area contributed by atoms with Gasteiger partial charge in [0, 0.05) is 23.6 Å². The number of benzene rings is 1. The first-order valence-corrected chi connectivity index (χ1v) is 7.74. The van der Waals surface area contributed by atoms with Gasteiger partial charge >= 0.3 is 0 Å².